The van der Waals surface area contributed by atoms with Crippen molar-refractivity contribution >= 4 is 34.8 Å². The number of hydrogen-bond acceptors (Lipinski definition) is 5. The zero-order valence-corrected chi connectivity index (χ0v) is 14.4. The molecule has 1 saturated heterocycles. The SMILES string of the molecule is Cc1ccc(C)c(N2N=N[C@@H]3C(=O)N(c4cccc(Cl)c4)C(=O)[C@H]32)c1. The number of hydrogen-bond donors (Lipinski definition) is 0. The van der Waals surface area contributed by atoms with Crippen LogP contribution in [0.5, 0.6) is 0 Å². The highest BCUT2D eigenvalue weighted by molar-refractivity contribution is 6.32. The molecule has 25 heavy (non-hydrogen) atoms. The van der Waals surface area contributed by atoms with E-state index in [0.717, 1.165) is 21.7 Å². The molecule has 2 heterocycles. The number of carbonyl (C=O) groups is 2. The maximum atomic E-state index is 13.0. The number of rotatable bonds is 2. The summed E-state index contributed by atoms with van der Waals surface area (Å²) < 4.78 is 0. The Morgan fingerprint density at radius 1 is 1.04 bits per heavy atom. The number of carbonyl (C=O) groups excluding carboxylic acids is 2. The third kappa shape index (κ3) is 2.41. The van der Waals surface area contributed by atoms with E-state index in [1.165, 1.54) is 0 Å². The van der Waals surface area contributed by atoms with Crippen LogP contribution in [-0.2, 0) is 9.59 Å². The fraction of sp³-hybridized carbons (Fsp3) is 0.222. The van der Waals surface area contributed by atoms with Gasteiger partial charge in [0.25, 0.3) is 11.8 Å². The van der Waals surface area contributed by atoms with Gasteiger partial charge in [-0.05, 0) is 49.2 Å². The summed E-state index contributed by atoms with van der Waals surface area (Å²) in [5.74, 6) is -0.725. The van der Waals surface area contributed by atoms with Gasteiger partial charge in [-0.25, -0.2) is 9.91 Å². The van der Waals surface area contributed by atoms with E-state index in [-0.39, 0.29) is 11.8 Å². The number of aryl methyl sites for hydroxylation is 2. The topological polar surface area (TPSA) is 65.3 Å². The highest BCUT2D eigenvalue weighted by Crippen LogP contribution is 2.36. The number of benzene rings is 2. The summed E-state index contributed by atoms with van der Waals surface area (Å²) in [6, 6.07) is 11.0. The molecule has 0 aromatic heterocycles. The molecule has 4 rings (SSSR count). The van der Waals surface area contributed by atoms with Crippen molar-refractivity contribution in [3.05, 3.63) is 58.6 Å². The Bertz CT molecular complexity index is 927. The van der Waals surface area contributed by atoms with Gasteiger partial charge in [0.05, 0.1) is 11.4 Å². The molecule has 0 bridgehead atoms. The lowest BCUT2D eigenvalue weighted by Gasteiger charge is -2.22. The third-order valence-electron chi connectivity index (χ3n) is 4.46. The zero-order chi connectivity index (χ0) is 17.7. The molecule has 0 N–H and O–H groups in total. The third-order valence-corrected chi connectivity index (χ3v) is 4.69. The van der Waals surface area contributed by atoms with Gasteiger partial charge in [0.15, 0.2) is 12.1 Å². The summed E-state index contributed by atoms with van der Waals surface area (Å²) >= 11 is 6.00. The largest absolute Gasteiger partial charge is 0.271 e. The lowest BCUT2D eigenvalue weighted by atomic mass is 10.1. The second kappa shape index (κ2) is 5.67. The molecule has 2 aromatic carbocycles. The number of anilines is 2. The first-order valence-corrected chi connectivity index (χ1v) is 8.26. The van der Waals surface area contributed by atoms with Crippen LogP contribution in [0.3, 0.4) is 0 Å². The lowest BCUT2D eigenvalue weighted by Crippen LogP contribution is -2.40. The molecular weight excluding hydrogens is 340 g/mol. The molecule has 2 aliphatic rings. The minimum atomic E-state index is -0.827. The average Bonchev–Trinajstić information content (AvgIpc) is 3.11. The number of fused-ring (bicyclic) bond motifs is 1. The molecule has 0 spiro atoms. The van der Waals surface area contributed by atoms with E-state index in [4.69, 9.17) is 11.6 Å². The lowest BCUT2D eigenvalue weighted by molar-refractivity contribution is -0.121. The minimum Gasteiger partial charge on any atom is -0.271 e. The van der Waals surface area contributed by atoms with Gasteiger partial charge in [-0.1, -0.05) is 35.0 Å². The maximum Gasteiger partial charge on any atom is 0.263 e. The van der Waals surface area contributed by atoms with Crippen LogP contribution in [0, 0.1) is 13.8 Å². The van der Waals surface area contributed by atoms with Gasteiger partial charge in [0.2, 0.25) is 0 Å². The molecule has 2 amide bonds. The van der Waals surface area contributed by atoms with Gasteiger partial charge in [0.1, 0.15) is 0 Å². The molecular formula is C18H15ClN4O2. The standard InChI is InChI=1S/C18H15ClN4O2/c1-10-6-7-11(2)14(8-10)23-16-15(20-21-23)17(24)22(18(16)25)13-5-3-4-12(19)9-13/h3-9,15-16H,1-2H3/t15-,16-/m0/s1. The molecule has 6 nitrogen and oxygen atoms in total. The fourth-order valence-electron chi connectivity index (χ4n) is 3.20. The minimum absolute atomic E-state index is 0.344. The molecule has 2 aromatic rings. The van der Waals surface area contributed by atoms with Crippen molar-refractivity contribution in [2.24, 2.45) is 10.3 Å². The molecule has 126 valence electrons. The quantitative estimate of drug-likeness (QED) is 0.776. The second-order valence-electron chi connectivity index (χ2n) is 6.22. The zero-order valence-electron chi connectivity index (χ0n) is 13.7. The van der Waals surface area contributed by atoms with Crippen molar-refractivity contribution in [3.8, 4) is 0 Å². The Morgan fingerprint density at radius 3 is 2.60 bits per heavy atom. The van der Waals surface area contributed by atoms with Crippen LogP contribution < -0.4 is 9.91 Å². The molecule has 0 unspecified atom stereocenters. The Kier molecular flexibility index (Phi) is 3.58. The van der Waals surface area contributed by atoms with Crippen molar-refractivity contribution in [2.45, 2.75) is 25.9 Å². The average molecular weight is 355 g/mol. The summed E-state index contributed by atoms with van der Waals surface area (Å²) in [5.41, 5.74) is 3.24. The van der Waals surface area contributed by atoms with Crippen LogP contribution in [0.4, 0.5) is 11.4 Å². The molecule has 1 fully saturated rings. The van der Waals surface area contributed by atoms with Gasteiger partial charge in [0, 0.05) is 5.02 Å². The molecule has 7 heteroatoms. The van der Waals surface area contributed by atoms with Crippen molar-refractivity contribution in [3.63, 3.8) is 0 Å². The van der Waals surface area contributed by atoms with E-state index < -0.39 is 12.1 Å². The van der Waals surface area contributed by atoms with Gasteiger partial charge in [-0.3, -0.25) is 9.59 Å². The summed E-state index contributed by atoms with van der Waals surface area (Å²) in [6.45, 7) is 3.90. The van der Waals surface area contributed by atoms with Gasteiger partial charge in [-0.15, -0.1) is 0 Å². The number of imide groups is 1. The van der Waals surface area contributed by atoms with E-state index in [0.29, 0.717) is 10.7 Å². The van der Waals surface area contributed by atoms with E-state index in [9.17, 15) is 9.59 Å². The monoisotopic (exact) mass is 354 g/mol. The number of nitrogens with zero attached hydrogens (tertiary/aromatic N) is 4. The summed E-state index contributed by atoms with van der Waals surface area (Å²) in [5, 5.41) is 10.2. The Labute approximate surface area is 149 Å². The summed E-state index contributed by atoms with van der Waals surface area (Å²) in [7, 11) is 0. The summed E-state index contributed by atoms with van der Waals surface area (Å²) in [6.07, 6.45) is 0. The van der Waals surface area contributed by atoms with E-state index >= 15 is 0 Å². The Hall–Kier alpha value is -2.73. The van der Waals surface area contributed by atoms with Crippen molar-refractivity contribution in [1.82, 2.24) is 0 Å². The molecule has 0 radical (unpaired) electrons. The van der Waals surface area contributed by atoms with E-state index in [1.54, 1.807) is 29.3 Å². The Balaban J connectivity index is 1.74. The first-order valence-electron chi connectivity index (χ1n) is 7.88. The fourth-order valence-corrected chi connectivity index (χ4v) is 3.38. The van der Waals surface area contributed by atoms with E-state index in [1.807, 2.05) is 32.0 Å². The normalized spacial score (nSPS) is 22.0. The van der Waals surface area contributed by atoms with Gasteiger partial charge < -0.3 is 0 Å². The van der Waals surface area contributed by atoms with Crippen LogP contribution in [0.2, 0.25) is 5.02 Å². The Morgan fingerprint density at radius 2 is 1.84 bits per heavy atom. The predicted octanol–water partition coefficient (Wildman–Crippen LogP) is 3.45. The molecule has 2 aliphatic heterocycles. The second-order valence-corrected chi connectivity index (χ2v) is 6.66. The van der Waals surface area contributed by atoms with Crippen LogP contribution in [0.1, 0.15) is 11.1 Å². The number of halogens is 1. The maximum absolute atomic E-state index is 13.0. The molecule has 0 aliphatic carbocycles. The first kappa shape index (κ1) is 15.8. The molecule has 0 saturated carbocycles. The highest BCUT2D eigenvalue weighted by atomic mass is 35.5. The summed E-state index contributed by atoms with van der Waals surface area (Å²) in [4.78, 5) is 26.9. The predicted molar refractivity (Wildman–Crippen MR) is 94.8 cm³/mol. The van der Waals surface area contributed by atoms with E-state index in [2.05, 4.69) is 10.3 Å². The van der Waals surface area contributed by atoms with Crippen LogP contribution in [0.25, 0.3) is 0 Å². The first-order chi connectivity index (χ1) is 12.0. The van der Waals surface area contributed by atoms with Gasteiger partial charge in [-0.2, -0.15) is 5.11 Å². The smallest absolute Gasteiger partial charge is 0.263 e. The van der Waals surface area contributed by atoms with Crippen LogP contribution in [-0.4, -0.2) is 23.9 Å². The van der Waals surface area contributed by atoms with Crippen molar-refractivity contribution in [2.75, 3.05) is 9.91 Å². The van der Waals surface area contributed by atoms with Crippen molar-refractivity contribution < 1.29 is 9.59 Å². The highest BCUT2D eigenvalue weighted by Gasteiger charge is 2.55. The van der Waals surface area contributed by atoms with Crippen molar-refractivity contribution in [1.29, 1.82) is 0 Å². The number of amides is 2. The van der Waals surface area contributed by atoms with Crippen LogP contribution >= 0.6 is 11.6 Å². The van der Waals surface area contributed by atoms with Gasteiger partial charge >= 0.3 is 0 Å². The molecule has 2 atom stereocenters. The van der Waals surface area contributed by atoms with Crippen LogP contribution in [0.15, 0.2) is 52.8 Å².